The second-order valence-corrected chi connectivity index (χ2v) is 7.68. The fraction of sp³-hybridized carbons (Fsp3) is 0.368. The molecule has 0 unspecified atom stereocenters. The van der Waals surface area contributed by atoms with Crippen LogP contribution in [0.15, 0.2) is 53.7 Å². The number of halogens is 1. The van der Waals surface area contributed by atoms with Gasteiger partial charge in [0, 0.05) is 67.2 Å². The maximum Gasteiger partial charge on any atom is 0.223 e. The SMILES string of the molecule is O=C(CCSc1ccc(Cl)cc1)N1CCN(Cc2cccnc2)CC1. The Bertz CT molecular complexity index is 673. The summed E-state index contributed by atoms with van der Waals surface area (Å²) in [6.45, 7) is 4.37. The van der Waals surface area contributed by atoms with Gasteiger partial charge in [-0.2, -0.15) is 0 Å². The molecule has 0 spiro atoms. The summed E-state index contributed by atoms with van der Waals surface area (Å²) in [5.41, 5.74) is 1.22. The highest BCUT2D eigenvalue weighted by molar-refractivity contribution is 7.99. The van der Waals surface area contributed by atoms with Crippen LogP contribution in [0.1, 0.15) is 12.0 Å². The summed E-state index contributed by atoms with van der Waals surface area (Å²) in [5.74, 6) is 1.05. The molecule has 2 heterocycles. The number of aromatic nitrogens is 1. The van der Waals surface area contributed by atoms with Crippen molar-refractivity contribution in [2.75, 3.05) is 31.9 Å². The second-order valence-electron chi connectivity index (χ2n) is 6.07. The molecule has 1 aliphatic heterocycles. The monoisotopic (exact) mass is 375 g/mol. The van der Waals surface area contributed by atoms with E-state index >= 15 is 0 Å². The summed E-state index contributed by atoms with van der Waals surface area (Å²) in [5, 5.41) is 0.740. The van der Waals surface area contributed by atoms with Gasteiger partial charge < -0.3 is 4.90 Å². The highest BCUT2D eigenvalue weighted by Gasteiger charge is 2.20. The first kappa shape index (κ1) is 18.2. The lowest BCUT2D eigenvalue weighted by molar-refractivity contribution is -0.132. The van der Waals surface area contributed by atoms with E-state index in [2.05, 4.69) is 16.0 Å². The van der Waals surface area contributed by atoms with Crippen LogP contribution in [0.4, 0.5) is 0 Å². The van der Waals surface area contributed by atoms with Gasteiger partial charge in [0.15, 0.2) is 0 Å². The third-order valence-corrected chi connectivity index (χ3v) is 5.52. The van der Waals surface area contributed by atoms with Crippen molar-refractivity contribution >= 4 is 29.3 Å². The molecular weight excluding hydrogens is 354 g/mol. The van der Waals surface area contributed by atoms with Crippen LogP contribution in [0.2, 0.25) is 5.02 Å². The lowest BCUT2D eigenvalue weighted by atomic mass is 10.2. The molecule has 0 N–H and O–H groups in total. The second kappa shape index (κ2) is 9.22. The van der Waals surface area contributed by atoms with Crippen LogP contribution >= 0.6 is 23.4 Å². The number of thioether (sulfide) groups is 1. The first-order valence-electron chi connectivity index (χ1n) is 8.48. The van der Waals surface area contributed by atoms with Crippen molar-refractivity contribution in [1.82, 2.24) is 14.8 Å². The van der Waals surface area contributed by atoms with E-state index in [-0.39, 0.29) is 5.91 Å². The maximum absolute atomic E-state index is 12.4. The standard InChI is InChI=1S/C19H22ClN3OS/c20-17-3-5-18(6-4-17)25-13-7-19(24)23-11-9-22(10-12-23)15-16-2-1-8-21-14-16/h1-6,8,14H,7,9-13,15H2. The number of rotatable bonds is 6. The number of carbonyl (C=O) groups excluding carboxylic acids is 1. The van der Waals surface area contributed by atoms with Gasteiger partial charge >= 0.3 is 0 Å². The van der Waals surface area contributed by atoms with Gasteiger partial charge in [0.25, 0.3) is 0 Å². The largest absolute Gasteiger partial charge is 0.340 e. The van der Waals surface area contributed by atoms with Crippen LogP contribution in [0.5, 0.6) is 0 Å². The number of nitrogens with zero attached hydrogens (tertiary/aromatic N) is 3. The number of amides is 1. The molecule has 2 aromatic rings. The first-order chi connectivity index (χ1) is 12.2. The molecule has 25 heavy (non-hydrogen) atoms. The summed E-state index contributed by atoms with van der Waals surface area (Å²) in [6.07, 6.45) is 4.28. The van der Waals surface area contributed by atoms with E-state index in [4.69, 9.17) is 11.6 Å². The van der Waals surface area contributed by atoms with Crippen molar-refractivity contribution in [1.29, 1.82) is 0 Å². The van der Waals surface area contributed by atoms with Gasteiger partial charge in [-0.25, -0.2) is 0 Å². The van der Waals surface area contributed by atoms with Crippen LogP contribution < -0.4 is 0 Å². The molecule has 132 valence electrons. The van der Waals surface area contributed by atoms with Crippen molar-refractivity contribution in [3.05, 3.63) is 59.4 Å². The number of benzene rings is 1. The van der Waals surface area contributed by atoms with E-state index < -0.39 is 0 Å². The van der Waals surface area contributed by atoms with Crippen LogP contribution in [0.3, 0.4) is 0 Å². The Kier molecular flexibility index (Phi) is 6.73. The highest BCUT2D eigenvalue weighted by atomic mass is 35.5. The molecule has 1 saturated heterocycles. The number of hydrogen-bond acceptors (Lipinski definition) is 4. The third kappa shape index (κ3) is 5.73. The lowest BCUT2D eigenvalue weighted by Gasteiger charge is -2.34. The summed E-state index contributed by atoms with van der Waals surface area (Å²) < 4.78 is 0. The summed E-state index contributed by atoms with van der Waals surface area (Å²) in [6, 6.07) is 11.8. The Hall–Kier alpha value is -1.56. The van der Waals surface area contributed by atoms with Crippen LogP contribution in [0.25, 0.3) is 0 Å². The smallest absolute Gasteiger partial charge is 0.223 e. The van der Waals surface area contributed by atoms with Crippen molar-refractivity contribution in [2.45, 2.75) is 17.9 Å². The molecule has 1 aromatic heterocycles. The van der Waals surface area contributed by atoms with Gasteiger partial charge in [0.1, 0.15) is 0 Å². The van der Waals surface area contributed by atoms with Crippen molar-refractivity contribution in [3.8, 4) is 0 Å². The number of piperazine rings is 1. The highest BCUT2D eigenvalue weighted by Crippen LogP contribution is 2.21. The Balaban J connectivity index is 1.37. The number of hydrogen-bond donors (Lipinski definition) is 0. The maximum atomic E-state index is 12.4. The van der Waals surface area contributed by atoms with Crippen molar-refractivity contribution in [2.24, 2.45) is 0 Å². The number of carbonyl (C=O) groups is 1. The molecule has 0 atom stereocenters. The molecular formula is C19H22ClN3OS. The summed E-state index contributed by atoms with van der Waals surface area (Å²) in [4.78, 5) is 22.0. The van der Waals surface area contributed by atoms with Gasteiger partial charge in [-0.1, -0.05) is 17.7 Å². The minimum atomic E-state index is 0.252. The minimum Gasteiger partial charge on any atom is -0.340 e. The third-order valence-electron chi connectivity index (χ3n) is 4.25. The molecule has 1 aliphatic rings. The fourth-order valence-corrected chi connectivity index (χ4v) is 3.82. The normalized spacial score (nSPS) is 15.3. The van der Waals surface area contributed by atoms with E-state index in [0.29, 0.717) is 6.42 Å². The number of pyridine rings is 1. The van der Waals surface area contributed by atoms with Crippen LogP contribution in [-0.4, -0.2) is 52.6 Å². The Morgan fingerprint density at radius 3 is 2.56 bits per heavy atom. The minimum absolute atomic E-state index is 0.252. The predicted octanol–water partition coefficient (Wildman–Crippen LogP) is 3.56. The van der Waals surface area contributed by atoms with Gasteiger partial charge in [-0.05, 0) is 35.9 Å². The molecule has 1 fully saturated rings. The molecule has 1 amide bonds. The molecule has 6 heteroatoms. The van der Waals surface area contributed by atoms with Gasteiger partial charge in [0.2, 0.25) is 5.91 Å². The van der Waals surface area contributed by atoms with E-state index in [1.54, 1.807) is 18.0 Å². The molecule has 4 nitrogen and oxygen atoms in total. The molecule has 3 rings (SSSR count). The Morgan fingerprint density at radius 1 is 1.12 bits per heavy atom. The van der Waals surface area contributed by atoms with Crippen LogP contribution in [-0.2, 0) is 11.3 Å². The summed E-state index contributed by atoms with van der Waals surface area (Å²) >= 11 is 7.58. The van der Waals surface area contributed by atoms with Crippen LogP contribution in [0, 0.1) is 0 Å². The predicted molar refractivity (Wildman–Crippen MR) is 103 cm³/mol. The van der Waals surface area contributed by atoms with Gasteiger partial charge in [-0.15, -0.1) is 11.8 Å². The average Bonchev–Trinajstić information content (AvgIpc) is 2.65. The zero-order valence-electron chi connectivity index (χ0n) is 14.1. The lowest BCUT2D eigenvalue weighted by Crippen LogP contribution is -2.48. The Morgan fingerprint density at radius 2 is 1.88 bits per heavy atom. The van der Waals surface area contributed by atoms with E-state index in [9.17, 15) is 4.79 Å². The molecule has 1 aromatic carbocycles. The average molecular weight is 376 g/mol. The zero-order valence-corrected chi connectivity index (χ0v) is 15.7. The van der Waals surface area contributed by atoms with E-state index in [0.717, 1.165) is 48.4 Å². The van der Waals surface area contributed by atoms with E-state index in [1.807, 2.05) is 41.4 Å². The molecule has 0 bridgehead atoms. The van der Waals surface area contributed by atoms with E-state index in [1.165, 1.54) is 5.56 Å². The van der Waals surface area contributed by atoms with Crippen molar-refractivity contribution in [3.63, 3.8) is 0 Å². The fourth-order valence-electron chi connectivity index (χ4n) is 2.85. The Labute approximate surface area is 158 Å². The quantitative estimate of drug-likeness (QED) is 0.723. The molecule has 0 radical (unpaired) electrons. The molecule has 0 aliphatic carbocycles. The van der Waals surface area contributed by atoms with Gasteiger partial charge in [0.05, 0.1) is 0 Å². The first-order valence-corrected chi connectivity index (χ1v) is 9.84. The molecule has 0 saturated carbocycles. The van der Waals surface area contributed by atoms with Gasteiger partial charge in [-0.3, -0.25) is 14.7 Å². The zero-order chi connectivity index (χ0) is 17.5. The van der Waals surface area contributed by atoms with Crippen molar-refractivity contribution < 1.29 is 4.79 Å². The summed E-state index contributed by atoms with van der Waals surface area (Å²) in [7, 11) is 0. The topological polar surface area (TPSA) is 36.4 Å².